The number of rotatable bonds is 7. The Morgan fingerprint density at radius 1 is 0.870 bits per heavy atom. The third-order valence-electron chi connectivity index (χ3n) is 3.28. The summed E-state index contributed by atoms with van der Waals surface area (Å²) in [5.74, 6) is -20.9. The van der Waals surface area contributed by atoms with Crippen LogP contribution in [-0.2, 0) is 0 Å². The summed E-state index contributed by atoms with van der Waals surface area (Å²) in [5, 5.41) is 8.64. The van der Waals surface area contributed by atoms with Crippen LogP contribution < -0.4 is 0 Å². The van der Waals surface area contributed by atoms with Gasteiger partial charge >= 0.3 is 23.9 Å². The van der Waals surface area contributed by atoms with Crippen LogP contribution in [0.1, 0.15) is 12.8 Å². The first-order chi connectivity index (χ1) is 10.3. The second-order valence-electron chi connectivity index (χ2n) is 4.85. The van der Waals surface area contributed by atoms with Crippen LogP contribution >= 0.6 is 23.5 Å². The van der Waals surface area contributed by atoms with E-state index in [1.165, 1.54) is 0 Å². The number of alkyl halides is 9. The molecule has 0 radical (unpaired) electrons. The van der Waals surface area contributed by atoms with Crippen molar-refractivity contribution in [3.8, 4) is 0 Å². The molecule has 1 heterocycles. The van der Waals surface area contributed by atoms with Gasteiger partial charge in [-0.1, -0.05) is 0 Å². The quantitative estimate of drug-likeness (QED) is 0.633. The molecule has 0 spiro atoms. The summed E-state index contributed by atoms with van der Waals surface area (Å²) in [5.41, 5.74) is 0. The summed E-state index contributed by atoms with van der Waals surface area (Å²) in [6.07, 6.45) is -8.01. The van der Waals surface area contributed by atoms with Gasteiger partial charge < -0.3 is 5.11 Å². The van der Waals surface area contributed by atoms with Crippen molar-refractivity contribution in [2.75, 3.05) is 18.1 Å². The first kappa shape index (κ1) is 21.1. The molecule has 12 heteroatoms. The third-order valence-corrected chi connectivity index (χ3v) is 6.55. The highest BCUT2D eigenvalue weighted by molar-refractivity contribution is 8.20. The molecule has 1 rings (SSSR count). The van der Waals surface area contributed by atoms with Crippen molar-refractivity contribution in [1.29, 1.82) is 0 Å². The molecule has 0 amide bonds. The number of hydrogen-bond acceptors (Lipinski definition) is 3. The lowest BCUT2D eigenvalue weighted by Gasteiger charge is -2.39. The SMILES string of the molecule is OCCCC(C1SCCS1)C(F)(F)C(F)(F)C(F)(F)C(F)(F)F. The monoisotopic (exact) mass is 396 g/mol. The predicted octanol–water partition coefficient (Wildman–Crippen LogP) is 4.65. The minimum absolute atomic E-state index is 0.294. The smallest absolute Gasteiger partial charge is 0.396 e. The summed E-state index contributed by atoms with van der Waals surface area (Å²) in [6, 6.07) is 0. The van der Waals surface area contributed by atoms with Crippen LogP contribution in [0, 0.1) is 5.92 Å². The molecule has 1 N–H and O–H groups in total. The maximum absolute atomic E-state index is 14.0. The van der Waals surface area contributed by atoms with E-state index < -0.39 is 53.9 Å². The van der Waals surface area contributed by atoms with Crippen molar-refractivity contribution in [1.82, 2.24) is 0 Å². The van der Waals surface area contributed by atoms with Gasteiger partial charge in [-0.15, -0.1) is 23.5 Å². The Labute approximate surface area is 134 Å². The standard InChI is InChI=1S/C11H13F9OS2/c12-8(13,9(14,15)10(16,17)11(18,19)20)6(2-1-3-21)7-22-4-5-23-7/h6-7,21H,1-5H2. The van der Waals surface area contributed by atoms with E-state index in [1.54, 1.807) is 0 Å². The van der Waals surface area contributed by atoms with Crippen LogP contribution in [0.3, 0.4) is 0 Å². The van der Waals surface area contributed by atoms with Crippen molar-refractivity contribution in [3.05, 3.63) is 0 Å². The van der Waals surface area contributed by atoms with E-state index in [0.717, 1.165) is 23.5 Å². The predicted molar refractivity (Wildman–Crippen MR) is 69.4 cm³/mol. The third kappa shape index (κ3) is 3.83. The number of thioether (sulfide) groups is 2. The molecule has 0 aromatic heterocycles. The molecule has 0 bridgehead atoms. The fourth-order valence-corrected chi connectivity index (χ4v) is 5.30. The van der Waals surface area contributed by atoms with E-state index in [0.29, 0.717) is 11.5 Å². The first-order valence-corrected chi connectivity index (χ1v) is 8.44. The van der Waals surface area contributed by atoms with Gasteiger partial charge in [0.15, 0.2) is 0 Å². The molecule has 1 nitrogen and oxygen atoms in total. The number of aliphatic hydroxyl groups excluding tert-OH is 1. The molecule has 0 aromatic rings. The van der Waals surface area contributed by atoms with E-state index in [-0.39, 0.29) is 0 Å². The summed E-state index contributed by atoms with van der Waals surface area (Å²) in [4.78, 5) is 0. The molecular weight excluding hydrogens is 383 g/mol. The van der Waals surface area contributed by atoms with Crippen LogP contribution in [-0.4, -0.2) is 51.7 Å². The lowest BCUT2D eigenvalue weighted by molar-refractivity contribution is -0.402. The second-order valence-corrected chi connectivity index (χ2v) is 7.65. The summed E-state index contributed by atoms with van der Waals surface area (Å²) in [7, 11) is 0. The summed E-state index contributed by atoms with van der Waals surface area (Å²) >= 11 is 1.61. The zero-order valence-electron chi connectivity index (χ0n) is 11.4. The van der Waals surface area contributed by atoms with Crippen molar-refractivity contribution >= 4 is 23.5 Å². The molecule has 0 saturated carbocycles. The van der Waals surface area contributed by atoms with Crippen LogP contribution in [0.4, 0.5) is 39.5 Å². The van der Waals surface area contributed by atoms with E-state index in [4.69, 9.17) is 5.11 Å². The molecule has 23 heavy (non-hydrogen) atoms. The van der Waals surface area contributed by atoms with E-state index in [9.17, 15) is 39.5 Å². The average molecular weight is 396 g/mol. The minimum atomic E-state index is -6.87. The Kier molecular flexibility index (Phi) is 6.51. The Morgan fingerprint density at radius 2 is 1.35 bits per heavy atom. The van der Waals surface area contributed by atoms with Gasteiger partial charge in [0.2, 0.25) is 0 Å². The average Bonchev–Trinajstić information content (AvgIpc) is 2.91. The Hall–Kier alpha value is 0.0300. The van der Waals surface area contributed by atoms with Gasteiger partial charge in [0.05, 0.1) is 10.5 Å². The Morgan fingerprint density at radius 3 is 1.74 bits per heavy atom. The molecule has 1 fully saturated rings. The normalized spacial score (nSPS) is 20.1. The molecule has 0 aromatic carbocycles. The fraction of sp³-hybridized carbons (Fsp3) is 1.00. The molecular formula is C11H13F9OS2. The highest BCUT2D eigenvalue weighted by atomic mass is 32.2. The molecule has 0 aliphatic carbocycles. The van der Waals surface area contributed by atoms with Crippen molar-refractivity contribution < 1.29 is 44.6 Å². The van der Waals surface area contributed by atoms with Crippen molar-refractivity contribution in [3.63, 3.8) is 0 Å². The molecule has 1 aliphatic heterocycles. The minimum Gasteiger partial charge on any atom is -0.396 e. The van der Waals surface area contributed by atoms with Gasteiger partial charge in [-0.05, 0) is 12.8 Å². The lowest BCUT2D eigenvalue weighted by atomic mass is 9.89. The van der Waals surface area contributed by atoms with Crippen molar-refractivity contribution in [2.45, 2.75) is 41.4 Å². The number of hydrogen-bond donors (Lipinski definition) is 1. The maximum atomic E-state index is 14.0. The lowest BCUT2D eigenvalue weighted by Crippen LogP contribution is -2.63. The second kappa shape index (κ2) is 7.11. The van der Waals surface area contributed by atoms with E-state index >= 15 is 0 Å². The van der Waals surface area contributed by atoms with Crippen LogP contribution in [0.5, 0.6) is 0 Å². The fourth-order valence-electron chi connectivity index (χ4n) is 2.03. The van der Waals surface area contributed by atoms with Gasteiger partial charge in [0.25, 0.3) is 0 Å². The van der Waals surface area contributed by atoms with Gasteiger partial charge in [-0.3, -0.25) is 0 Å². The zero-order valence-corrected chi connectivity index (χ0v) is 13.0. The van der Waals surface area contributed by atoms with Gasteiger partial charge in [0, 0.05) is 18.1 Å². The van der Waals surface area contributed by atoms with Gasteiger partial charge in [0.1, 0.15) is 0 Å². The van der Waals surface area contributed by atoms with Gasteiger partial charge in [-0.2, -0.15) is 39.5 Å². The molecule has 138 valence electrons. The van der Waals surface area contributed by atoms with Gasteiger partial charge in [-0.25, -0.2) is 0 Å². The van der Waals surface area contributed by atoms with Crippen LogP contribution in [0.2, 0.25) is 0 Å². The molecule has 1 atom stereocenters. The van der Waals surface area contributed by atoms with E-state index in [2.05, 4.69) is 0 Å². The Bertz CT molecular complexity index is 393. The topological polar surface area (TPSA) is 20.2 Å². The number of aliphatic hydroxyl groups is 1. The highest BCUT2D eigenvalue weighted by Crippen LogP contribution is 2.58. The summed E-state index contributed by atoms with van der Waals surface area (Å²) < 4.78 is 116. The maximum Gasteiger partial charge on any atom is 0.460 e. The van der Waals surface area contributed by atoms with Crippen LogP contribution in [0.25, 0.3) is 0 Å². The van der Waals surface area contributed by atoms with E-state index in [1.807, 2.05) is 0 Å². The Balaban J connectivity index is 3.20. The largest absolute Gasteiger partial charge is 0.460 e. The molecule has 1 unspecified atom stereocenters. The highest BCUT2D eigenvalue weighted by Gasteiger charge is 2.83. The molecule has 1 saturated heterocycles. The zero-order chi connectivity index (χ0) is 18.1. The summed E-state index contributed by atoms with van der Waals surface area (Å²) in [6.45, 7) is -0.671. The molecule has 1 aliphatic rings. The first-order valence-electron chi connectivity index (χ1n) is 6.35. The number of halogens is 9. The van der Waals surface area contributed by atoms with Crippen LogP contribution in [0.15, 0.2) is 0 Å². The van der Waals surface area contributed by atoms with Crippen molar-refractivity contribution in [2.24, 2.45) is 5.92 Å².